The number of halogens is 4. The molecule has 0 spiro atoms. The van der Waals surface area contributed by atoms with Crippen molar-refractivity contribution in [3.05, 3.63) is 29.8 Å². The van der Waals surface area contributed by atoms with Gasteiger partial charge >= 0.3 is 0 Å². The van der Waals surface area contributed by atoms with Crippen molar-refractivity contribution >= 4 is 56.4 Å². The molecule has 8 heteroatoms. The number of benzene rings is 1. The minimum Gasteiger partial charge on any atom is -0.207 e. The SMILES string of the molecule is Cc1ccc(S(=O)(=O)N2C[C@H]3C(Cl)(Cl)[C@@]3(C)CC[C@@H]3C(Cl)(Cl)[C@@]3(C)C2)cc1. The summed E-state index contributed by atoms with van der Waals surface area (Å²) in [4.78, 5) is 0.264. The molecule has 150 valence electrons. The third-order valence-electron chi connectivity index (χ3n) is 7.27. The van der Waals surface area contributed by atoms with Gasteiger partial charge in [0.1, 0.15) is 8.67 Å². The first-order valence-electron chi connectivity index (χ1n) is 9.11. The van der Waals surface area contributed by atoms with Crippen LogP contribution in [0, 0.1) is 29.6 Å². The second-order valence-corrected chi connectivity index (χ2v) is 13.5. The number of nitrogens with zero attached hydrogens (tertiary/aromatic N) is 1. The summed E-state index contributed by atoms with van der Waals surface area (Å²) in [6.45, 7) is 6.46. The van der Waals surface area contributed by atoms with Gasteiger partial charge in [0.2, 0.25) is 10.0 Å². The monoisotopic (exact) mass is 469 g/mol. The summed E-state index contributed by atoms with van der Waals surface area (Å²) in [5, 5.41) is 0. The predicted molar refractivity (Wildman–Crippen MR) is 111 cm³/mol. The number of alkyl halides is 4. The molecule has 0 unspecified atom stereocenters. The number of hydrogen-bond acceptors (Lipinski definition) is 2. The largest absolute Gasteiger partial charge is 0.243 e. The van der Waals surface area contributed by atoms with Gasteiger partial charge in [0.25, 0.3) is 0 Å². The summed E-state index contributed by atoms with van der Waals surface area (Å²) in [6.07, 6.45) is 1.57. The van der Waals surface area contributed by atoms with Crippen LogP contribution in [0.2, 0.25) is 0 Å². The van der Waals surface area contributed by atoms with Crippen molar-refractivity contribution in [3.63, 3.8) is 0 Å². The maximum atomic E-state index is 13.4. The lowest BCUT2D eigenvalue weighted by molar-refractivity contribution is 0.314. The highest BCUT2D eigenvalue weighted by Gasteiger charge is 2.78. The summed E-state index contributed by atoms with van der Waals surface area (Å²) in [6, 6.07) is 6.87. The molecule has 4 rings (SSSR count). The Labute approximate surface area is 181 Å². The van der Waals surface area contributed by atoms with Crippen LogP contribution in [-0.4, -0.2) is 34.5 Å². The summed E-state index contributed by atoms with van der Waals surface area (Å²) < 4.78 is 26.5. The highest BCUT2D eigenvalue weighted by atomic mass is 35.5. The molecule has 1 aliphatic heterocycles. The Morgan fingerprint density at radius 1 is 0.963 bits per heavy atom. The van der Waals surface area contributed by atoms with Crippen LogP contribution in [0.4, 0.5) is 0 Å². The first kappa shape index (κ1) is 20.6. The Kier molecular flexibility index (Phi) is 4.51. The minimum atomic E-state index is -3.71. The van der Waals surface area contributed by atoms with E-state index in [-0.39, 0.29) is 35.2 Å². The molecule has 1 saturated heterocycles. The van der Waals surface area contributed by atoms with Crippen LogP contribution in [0.25, 0.3) is 0 Å². The number of aryl methyl sites for hydroxylation is 1. The maximum absolute atomic E-state index is 13.4. The van der Waals surface area contributed by atoms with Crippen LogP contribution in [0.5, 0.6) is 0 Å². The van der Waals surface area contributed by atoms with Crippen molar-refractivity contribution in [1.29, 1.82) is 0 Å². The van der Waals surface area contributed by atoms with E-state index in [0.29, 0.717) is 0 Å². The average Bonchev–Trinajstić information content (AvgIpc) is 3.17. The second kappa shape index (κ2) is 5.92. The van der Waals surface area contributed by atoms with E-state index in [1.54, 1.807) is 24.3 Å². The van der Waals surface area contributed by atoms with Gasteiger partial charge in [0.05, 0.1) is 4.90 Å². The number of sulfonamides is 1. The molecule has 3 fully saturated rings. The molecule has 2 saturated carbocycles. The number of rotatable bonds is 2. The fourth-order valence-corrected chi connectivity index (χ4v) is 8.34. The van der Waals surface area contributed by atoms with Gasteiger partial charge in [-0.3, -0.25) is 0 Å². The molecule has 0 radical (unpaired) electrons. The van der Waals surface area contributed by atoms with E-state index in [2.05, 4.69) is 0 Å². The number of fused-ring (bicyclic) bond motifs is 2. The highest BCUT2D eigenvalue weighted by molar-refractivity contribution is 7.89. The van der Waals surface area contributed by atoms with E-state index in [9.17, 15) is 8.42 Å². The molecule has 1 aromatic rings. The van der Waals surface area contributed by atoms with Gasteiger partial charge in [0.15, 0.2) is 0 Å². The van der Waals surface area contributed by atoms with Gasteiger partial charge in [-0.05, 0) is 31.9 Å². The third-order valence-corrected chi connectivity index (χ3v) is 11.9. The zero-order valence-corrected chi connectivity index (χ0v) is 19.3. The fraction of sp³-hybridized carbons (Fsp3) is 0.684. The van der Waals surface area contributed by atoms with Crippen LogP contribution < -0.4 is 0 Å². The smallest absolute Gasteiger partial charge is 0.207 e. The third kappa shape index (κ3) is 2.74. The molecule has 4 atom stereocenters. The Hall–Kier alpha value is 0.290. The molecule has 0 bridgehead atoms. The normalized spacial score (nSPS) is 40.1. The van der Waals surface area contributed by atoms with Crippen molar-refractivity contribution in [1.82, 2.24) is 4.31 Å². The molecule has 3 nitrogen and oxygen atoms in total. The van der Waals surface area contributed by atoms with E-state index in [4.69, 9.17) is 46.4 Å². The summed E-state index contributed by atoms with van der Waals surface area (Å²) in [5.74, 6) is -0.0981. The van der Waals surface area contributed by atoms with Gasteiger partial charge in [-0.15, -0.1) is 46.4 Å². The van der Waals surface area contributed by atoms with Gasteiger partial charge in [-0.25, -0.2) is 8.42 Å². The fourth-order valence-electron chi connectivity index (χ4n) is 4.84. The zero-order chi connectivity index (χ0) is 20.0. The lowest BCUT2D eigenvalue weighted by atomic mass is 9.96. The van der Waals surface area contributed by atoms with E-state index < -0.39 is 24.1 Å². The average molecular weight is 471 g/mol. The first-order valence-corrected chi connectivity index (χ1v) is 12.1. The van der Waals surface area contributed by atoms with Crippen LogP contribution in [0.1, 0.15) is 32.3 Å². The van der Waals surface area contributed by atoms with Gasteiger partial charge in [-0.2, -0.15) is 4.31 Å². The Balaban J connectivity index is 1.74. The van der Waals surface area contributed by atoms with E-state index in [0.717, 1.165) is 18.4 Å². The zero-order valence-electron chi connectivity index (χ0n) is 15.5. The van der Waals surface area contributed by atoms with E-state index >= 15 is 0 Å². The summed E-state index contributed by atoms with van der Waals surface area (Å²) >= 11 is 26.3. The molecule has 2 aliphatic carbocycles. The molecule has 3 aliphatic rings. The minimum absolute atomic E-state index is 0.0179. The summed E-state index contributed by atoms with van der Waals surface area (Å²) in [5.41, 5.74) is 0.181. The molecule has 27 heavy (non-hydrogen) atoms. The Morgan fingerprint density at radius 2 is 1.52 bits per heavy atom. The molecule has 1 heterocycles. The first-order chi connectivity index (χ1) is 12.3. The van der Waals surface area contributed by atoms with Crippen LogP contribution in [0.15, 0.2) is 29.2 Å². The quantitative estimate of drug-likeness (QED) is 0.542. The van der Waals surface area contributed by atoms with E-state index in [1.165, 1.54) is 4.31 Å². The lowest BCUT2D eigenvalue weighted by Gasteiger charge is -2.27. The van der Waals surface area contributed by atoms with Gasteiger partial charge in [0, 0.05) is 35.8 Å². The maximum Gasteiger partial charge on any atom is 0.243 e. The molecular formula is C19H23Cl4NO2S. The van der Waals surface area contributed by atoms with E-state index in [1.807, 2.05) is 20.8 Å². The standard InChI is InChI=1S/C19H23Cl4NO2S/c1-12-4-6-13(7-5-12)27(25,26)24-10-15-16(2,19(15,22)23)9-8-14-17(3,11-24)18(14,20)21/h4-7,14-15H,8-11H2,1-3H3/t14-,15+,16-,17-/m0/s1. The van der Waals surface area contributed by atoms with Crippen LogP contribution >= 0.6 is 46.4 Å². The molecule has 1 aromatic carbocycles. The van der Waals surface area contributed by atoms with Crippen molar-refractivity contribution in [3.8, 4) is 0 Å². The van der Waals surface area contributed by atoms with Crippen molar-refractivity contribution < 1.29 is 8.42 Å². The van der Waals surface area contributed by atoms with Gasteiger partial charge < -0.3 is 0 Å². The molecule has 0 amide bonds. The van der Waals surface area contributed by atoms with Crippen LogP contribution in [0.3, 0.4) is 0 Å². The second-order valence-electron chi connectivity index (χ2n) is 8.84. The van der Waals surface area contributed by atoms with Crippen molar-refractivity contribution in [2.24, 2.45) is 22.7 Å². The van der Waals surface area contributed by atoms with Crippen molar-refractivity contribution in [2.45, 2.75) is 47.2 Å². The molecular weight excluding hydrogens is 448 g/mol. The highest BCUT2D eigenvalue weighted by Crippen LogP contribution is 2.76. The predicted octanol–water partition coefficient (Wildman–Crippen LogP) is 5.40. The number of hydrogen-bond donors (Lipinski definition) is 0. The molecule has 0 aromatic heterocycles. The summed E-state index contributed by atoms with van der Waals surface area (Å²) in [7, 11) is -3.71. The van der Waals surface area contributed by atoms with Gasteiger partial charge in [-0.1, -0.05) is 31.5 Å². The Bertz CT molecular complexity index is 885. The molecule has 0 N–H and O–H groups in total. The Morgan fingerprint density at radius 3 is 2.11 bits per heavy atom. The lowest BCUT2D eigenvalue weighted by Crippen LogP contribution is -2.39. The topological polar surface area (TPSA) is 37.4 Å². The van der Waals surface area contributed by atoms with Crippen molar-refractivity contribution in [2.75, 3.05) is 13.1 Å². The van der Waals surface area contributed by atoms with Crippen LogP contribution in [-0.2, 0) is 10.0 Å².